The summed E-state index contributed by atoms with van der Waals surface area (Å²) in [5.41, 5.74) is -1.42. The molecule has 0 heterocycles. The summed E-state index contributed by atoms with van der Waals surface area (Å²) in [6.07, 6.45) is -3.28. The summed E-state index contributed by atoms with van der Waals surface area (Å²) in [5, 5.41) is 2.20. The maximum Gasteiger partial charge on any atom is 0.420 e. The SMILES string of the molecule is CNC(=O)c1cccc(OC2CC2)c1C(F)(F)F. The van der Waals surface area contributed by atoms with Gasteiger partial charge in [0.1, 0.15) is 11.3 Å². The summed E-state index contributed by atoms with van der Waals surface area (Å²) in [6.45, 7) is 0. The van der Waals surface area contributed by atoms with Crippen LogP contribution in [0.5, 0.6) is 5.75 Å². The van der Waals surface area contributed by atoms with Gasteiger partial charge in [-0.1, -0.05) is 6.07 Å². The van der Waals surface area contributed by atoms with E-state index in [1.54, 1.807) is 0 Å². The van der Waals surface area contributed by atoms with Crippen LogP contribution in [0.4, 0.5) is 13.2 Å². The highest BCUT2D eigenvalue weighted by molar-refractivity contribution is 5.96. The molecular formula is C12H12F3NO2. The van der Waals surface area contributed by atoms with Gasteiger partial charge in [0.05, 0.1) is 11.7 Å². The zero-order valence-corrected chi connectivity index (χ0v) is 9.67. The van der Waals surface area contributed by atoms with Crippen molar-refractivity contribution >= 4 is 5.91 Å². The van der Waals surface area contributed by atoms with Crippen LogP contribution in [0.2, 0.25) is 0 Å². The molecule has 0 bridgehead atoms. The fourth-order valence-corrected chi connectivity index (χ4v) is 1.61. The molecule has 1 aromatic carbocycles. The third-order valence-electron chi connectivity index (χ3n) is 2.60. The van der Waals surface area contributed by atoms with Gasteiger partial charge >= 0.3 is 6.18 Å². The Labute approximate surface area is 102 Å². The maximum atomic E-state index is 13.0. The predicted molar refractivity (Wildman–Crippen MR) is 58.5 cm³/mol. The third kappa shape index (κ3) is 2.57. The molecule has 3 nitrogen and oxygen atoms in total. The van der Waals surface area contributed by atoms with Crippen LogP contribution in [0.1, 0.15) is 28.8 Å². The molecule has 1 aliphatic rings. The molecule has 6 heteroatoms. The van der Waals surface area contributed by atoms with E-state index in [0.717, 1.165) is 18.9 Å². The summed E-state index contributed by atoms with van der Waals surface area (Å²) in [4.78, 5) is 11.5. The molecule has 1 fully saturated rings. The molecule has 0 atom stereocenters. The minimum absolute atomic E-state index is 0.161. The van der Waals surface area contributed by atoms with Crippen molar-refractivity contribution in [2.24, 2.45) is 0 Å². The van der Waals surface area contributed by atoms with Crippen molar-refractivity contribution in [3.8, 4) is 5.75 Å². The average molecular weight is 259 g/mol. The number of halogens is 3. The number of amides is 1. The lowest BCUT2D eigenvalue weighted by Gasteiger charge is -2.16. The van der Waals surface area contributed by atoms with E-state index in [1.807, 2.05) is 0 Å². The molecule has 18 heavy (non-hydrogen) atoms. The second-order valence-corrected chi connectivity index (χ2v) is 4.07. The quantitative estimate of drug-likeness (QED) is 0.906. The zero-order valence-electron chi connectivity index (χ0n) is 9.67. The lowest BCUT2D eigenvalue weighted by Crippen LogP contribution is -2.23. The lowest BCUT2D eigenvalue weighted by atomic mass is 10.1. The van der Waals surface area contributed by atoms with Crippen LogP contribution in [0.25, 0.3) is 0 Å². The van der Waals surface area contributed by atoms with Crippen LogP contribution in [0, 0.1) is 0 Å². The van der Waals surface area contributed by atoms with Crippen LogP contribution in [-0.4, -0.2) is 19.1 Å². The Morgan fingerprint density at radius 2 is 2.06 bits per heavy atom. The van der Waals surface area contributed by atoms with Crippen molar-refractivity contribution in [1.82, 2.24) is 5.32 Å². The number of carbonyl (C=O) groups is 1. The zero-order chi connectivity index (χ0) is 13.3. The first-order chi connectivity index (χ1) is 8.43. The second kappa shape index (κ2) is 4.51. The largest absolute Gasteiger partial charge is 0.490 e. The molecule has 1 aromatic rings. The Balaban J connectivity index is 2.48. The van der Waals surface area contributed by atoms with Crippen molar-refractivity contribution in [2.45, 2.75) is 25.1 Å². The van der Waals surface area contributed by atoms with Crippen LogP contribution in [0.15, 0.2) is 18.2 Å². The Morgan fingerprint density at radius 3 is 2.56 bits per heavy atom. The number of carbonyl (C=O) groups excluding carboxylic acids is 1. The monoisotopic (exact) mass is 259 g/mol. The molecule has 0 unspecified atom stereocenters. The van der Waals surface area contributed by atoms with Gasteiger partial charge in [-0.2, -0.15) is 13.2 Å². The maximum absolute atomic E-state index is 13.0. The molecule has 1 saturated carbocycles. The van der Waals surface area contributed by atoms with Gasteiger partial charge in [0, 0.05) is 7.05 Å². The molecule has 0 spiro atoms. The van der Waals surface area contributed by atoms with Gasteiger partial charge in [-0.25, -0.2) is 0 Å². The molecule has 1 N–H and O–H groups in total. The highest BCUT2D eigenvalue weighted by atomic mass is 19.4. The summed E-state index contributed by atoms with van der Waals surface area (Å²) in [6, 6.07) is 3.77. The van der Waals surface area contributed by atoms with Gasteiger partial charge in [-0.05, 0) is 25.0 Å². The standard InChI is InChI=1S/C12H12F3NO2/c1-16-11(17)8-3-2-4-9(18-7-5-6-7)10(8)12(13,14)15/h2-4,7H,5-6H2,1H3,(H,16,17). The molecule has 1 amide bonds. The van der Waals surface area contributed by atoms with E-state index in [-0.39, 0.29) is 11.9 Å². The number of hydrogen-bond acceptors (Lipinski definition) is 2. The van der Waals surface area contributed by atoms with Crippen molar-refractivity contribution in [3.05, 3.63) is 29.3 Å². The smallest absolute Gasteiger partial charge is 0.420 e. The van der Waals surface area contributed by atoms with Gasteiger partial charge in [0.15, 0.2) is 0 Å². The summed E-state index contributed by atoms with van der Waals surface area (Å²) >= 11 is 0. The minimum atomic E-state index is -4.62. The molecule has 0 saturated heterocycles. The number of ether oxygens (including phenoxy) is 1. The Morgan fingerprint density at radius 1 is 1.39 bits per heavy atom. The average Bonchev–Trinajstić information content (AvgIpc) is 3.10. The predicted octanol–water partition coefficient (Wildman–Crippen LogP) is 2.61. The number of rotatable bonds is 3. The van der Waals surface area contributed by atoms with Crippen LogP contribution in [0.3, 0.4) is 0 Å². The van der Waals surface area contributed by atoms with E-state index in [2.05, 4.69) is 5.32 Å². The first kappa shape index (κ1) is 12.7. The first-order valence-electron chi connectivity index (χ1n) is 5.52. The van der Waals surface area contributed by atoms with Gasteiger partial charge in [-0.3, -0.25) is 4.79 Å². The molecule has 98 valence electrons. The molecule has 1 aliphatic carbocycles. The van der Waals surface area contributed by atoms with Crippen molar-refractivity contribution in [3.63, 3.8) is 0 Å². The summed E-state index contributed by atoms with van der Waals surface area (Å²) < 4.78 is 44.3. The van der Waals surface area contributed by atoms with Crippen molar-refractivity contribution in [2.75, 3.05) is 7.05 Å². The number of benzene rings is 1. The fourth-order valence-electron chi connectivity index (χ4n) is 1.61. The summed E-state index contributed by atoms with van der Waals surface area (Å²) in [5.74, 6) is -1.05. The Bertz CT molecular complexity index is 467. The van der Waals surface area contributed by atoms with Crippen LogP contribution >= 0.6 is 0 Å². The van der Waals surface area contributed by atoms with Crippen LogP contribution < -0.4 is 10.1 Å². The topological polar surface area (TPSA) is 38.3 Å². The molecule has 0 aliphatic heterocycles. The summed E-state index contributed by atoms with van der Waals surface area (Å²) in [7, 11) is 1.29. The highest BCUT2D eigenvalue weighted by Crippen LogP contribution is 2.40. The van der Waals surface area contributed by atoms with E-state index in [9.17, 15) is 18.0 Å². The molecule has 0 aromatic heterocycles. The van der Waals surface area contributed by atoms with Gasteiger partial charge < -0.3 is 10.1 Å². The first-order valence-corrected chi connectivity index (χ1v) is 5.52. The normalized spacial score (nSPS) is 15.3. The molecule has 2 rings (SSSR count). The molecule has 0 radical (unpaired) electrons. The van der Waals surface area contributed by atoms with E-state index >= 15 is 0 Å². The number of nitrogens with one attached hydrogen (secondary N) is 1. The van der Waals surface area contributed by atoms with Gasteiger partial charge in [0.25, 0.3) is 5.91 Å². The lowest BCUT2D eigenvalue weighted by molar-refractivity contribution is -0.139. The third-order valence-corrected chi connectivity index (χ3v) is 2.60. The van der Waals surface area contributed by atoms with Gasteiger partial charge in [-0.15, -0.1) is 0 Å². The van der Waals surface area contributed by atoms with E-state index in [0.29, 0.717) is 0 Å². The highest BCUT2D eigenvalue weighted by Gasteiger charge is 2.40. The van der Waals surface area contributed by atoms with E-state index in [1.165, 1.54) is 19.2 Å². The van der Waals surface area contributed by atoms with E-state index < -0.39 is 23.2 Å². The fraction of sp³-hybridized carbons (Fsp3) is 0.417. The van der Waals surface area contributed by atoms with E-state index in [4.69, 9.17) is 4.74 Å². The second-order valence-electron chi connectivity index (χ2n) is 4.07. The van der Waals surface area contributed by atoms with Crippen molar-refractivity contribution < 1.29 is 22.7 Å². The number of alkyl halides is 3. The van der Waals surface area contributed by atoms with Crippen LogP contribution in [-0.2, 0) is 6.18 Å². The minimum Gasteiger partial charge on any atom is -0.490 e. The number of hydrogen-bond donors (Lipinski definition) is 1. The Hall–Kier alpha value is -1.72. The van der Waals surface area contributed by atoms with Gasteiger partial charge in [0.2, 0.25) is 0 Å². The Kier molecular flexibility index (Phi) is 3.19. The molecular weight excluding hydrogens is 247 g/mol. The van der Waals surface area contributed by atoms with Crippen molar-refractivity contribution in [1.29, 1.82) is 0 Å².